The summed E-state index contributed by atoms with van der Waals surface area (Å²) >= 11 is 5.88. The van der Waals surface area contributed by atoms with Gasteiger partial charge in [0.25, 0.3) is 0 Å². The molecular formula is C23H24ClN3O. The quantitative estimate of drug-likeness (QED) is 0.489. The van der Waals surface area contributed by atoms with Gasteiger partial charge >= 0.3 is 0 Å². The minimum Gasteiger partial charge on any atom is -0.385 e. The third-order valence-electron chi connectivity index (χ3n) is 4.30. The van der Waals surface area contributed by atoms with Gasteiger partial charge in [-0.15, -0.1) is 0 Å². The molecule has 5 heteroatoms. The molecule has 0 aliphatic heterocycles. The Kier molecular flexibility index (Phi) is 6.66. The lowest BCUT2D eigenvalue weighted by Crippen LogP contribution is -2.08. The first kappa shape index (κ1) is 19.9. The molecule has 0 saturated carbocycles. The van der Waals surface area contributed by atoms with E-state index in [0.29, 0.717) is 5.02 Å². The van der Waals surface area contributed by atoms with Crippen LogP contribution in [0.25, 0.3) is 17.0 Å². The van der Waals surface area contributed by atoms with E-state index in [2.05, 4.69) is 30.5 Å². The summed E-state index contributed by atoms with van der Waals surface area (Å²) in [7, 11) is 0. The average Bonchev–Trinajstić information content (AvgIpc) is 2.68. The smallest absolute Gasteiger partial charge is 0.248 e. The highest BCUT2D eigenvalue weighted by Gasteiger charge is 2.07. The van der Waals surface area contributed by atoms with E-state index in [9.17, 15) is 4.79 Å². The number of amides is 1. The first-order valence-electron chi connectivity index (χ1n) is 9.51. The second-order valence-electron chi connectivity index (χ2n) is 6.55. The number of nitrogens with zero attached hydrogens (tertiary/aromatic N) is 1. The molecule has 3 aromatic rings. The summed E-state index contributed by atoms with van der Waals surface area (Å²) in [4.78, 5) is 17.0. The first-order valence-corrected chi connectivity index (χ1v) is 9.89. The van der Waals surface area contributed by atoms with Crippen molar-refractivity contribution in [3.63, 3.8) is 0 Å². The number of hydrogen-bond acceptors (Lipinski definition) is 3. The Bertz CT molecular complexity index is 997. The molecule has 144 valence electrons. The summed E-state index contributed by atoms with van der Waals surface area (Å²) in [5.41, 5.74) is 4.71. The fourth-order valence-electron chi connectivity index (χ4n) is 3.01. The Morgan fingerprint density at radius 3 is 2.61 bits per heavy atom. The molecule has 2 aromatic carbocycles. The average molecular weight is 394 g/mol. The van der Waals surface area contributed by atoms with Crippen molar-refractivity contribution in [3.8, 4) is 0 Å². The summed E-state index contributed by atoms with van der Waals surface area (Å²) < 4.78 is 0. The van der Waals surface area contributed by atoms with Crippen molar-refractivity contribution >= 4 is 45.9 Å². The highest BCUT2D eigenvalue weighted by molar-refractivity contribution is 6.30. The molecule has 0 unspecified atom stereocenters. The molecular weight excluding hydrogens is 370 g/mol. The number of rotatable bonds is 7. The fourth-order valence-corrected chi connectivity index (χ4v) is 3.14. The van der Waals surface area contributed by atoms with Crippen LogP contribution in [0.2, 0.25) is 5.02 Å². The topological polar surface area (TPSA) is 54.0 Å². The zero-order valence-corrected chi connectivity index (χ0v) is 16.9. The van der Waals surface area contributed by atoms with Crippen LogP contribution in [0.3, 0.4) is 0 Å². The molecule has 1 amide bonds. The van der Waals surface area contributed by atoms with Crippen molar-refractivity contribution in [1.82, 2.24) is 4.98 Å². The van der Waals surface area contributed by atoms with Gasteiger partial charge in [-0.25, -0.2) is 0 Å². The van der Waals surface area contributed by atoms with Gasteiger partial charge < -0.3 is 10.6 Å². The van der Waals surface area contributed by atoms with Crippen molar-refractivity contribution in [3.05, 3.63) is 70.9 Å². The summed E-state index contributed by atoms with van der Waals surface area (Å²) in [6.45, 7) is 5.04. The molecule has 0 spiro atoms. The van der Waals surface area contributed by atoms with E-state index >= 15 is 0 Å². The lowest BCUT2D eigenvalue weighted by atomic mass is 10.1. The molecule has 0 atom stereocenters. The van der Waals surface area contributed by atoms with Crippen molar-refractivity contribution in [1.29, 1.82) is 0 Å². The second-order valence-corrected chi connectivity index (χ2v) is 6.98. The Labute approximate surface area is 170 Å². The van der Waals surface area contributed by atoms with Gasteiger partial charge in [0.15, 0.2) is 0 Å². The van der Waals surface area contributed by atoms with Crippen LogP contribution in [0.5, 0.6) is 0 Å². The lowest BCUT2D eigenvalue weighted by molar-refractivity contribution is -0.111. The Morgan fingerprint density at radius 2 is 1.89 bits per heavy atom. The molecule has 2 N–H and O–H groups in total. The highest BCUT2D eigenvalue weighted by atomic mass is 35.5. The van der Waals surface area contributed by atoms with Crippen LogP contribution >= 0.6 is 11.6 Å². The molecule has 0 fully saturated rings. The molecule has 1 heterocycles. The third kappa shape index (κ3) is 5.11. The SMILES string of the molecule is CCCc1cc(NCC)c2cc(NC(=O)C=Cc3ccc(Cl)cc3)ccc2n1. The molecule has 0 aliphatic carbocycles. The maximum Gasteiger partial charge on any atom is 0.248 e. The minimum atomic E-state index is -0.185. The van der Waals surface area contributed by atoms with E-state index in [1.807, 2.05) is 30.3 Å². The highest BCUT2D eigenvalue weighted by Crippen LogP contribution is 2.27. The van der Waals surface area contributed by atoms with Gasteiger partial charge in [0.1, 0.15) is 0 Å². The van der Waals surface area contributed by atoms with Crippen molar-refractivity contribution in [2.45, 2.75) is 26.7 Å². The van der Waals surface area contributed by atoms with Gasteiger partial charge in [-0.05, 0) is 61.4 Å². The zero-order chi connectivity index (χ0) is 19.9. The molecule has 0 aliphatic rings. The summed E-state index contributed by atoms with van der Waals surface area (Å²) in [6.07, 6.45) is 5.27. The number of carbonyl (C=O) groups is 1. The van der Waals surface area contributed by atoms with Gasteiger partial charge in [-0.2, -0.15) is 0 Å². The number of fused-ring (bicyclic) bond motifs is 1. The Hall–Kier alpha value is -2.85. The maximum absolute atomic E-state index is 12.3. The normalized spacial score (nSPS) is 11.1. The van der Waals surface area contributed by atoms with Gasteiger partial charge in [-0.3, -0.25) is 9.78 Å². The van der Waals surface area contributed by atoms with E-state index in [1.54, 1.807) is 18.2 Å². The Balaban J connectivity index is 1.80. The van der Waals surface area contributed by atoms with Crippen LogP contribution < -0.4 is 10.6 Å². The van der Waals surface area contributed by atoms with Crippen LogP contribution in [0, 0.1) is 0 Å². The van der Waals surface area contributed by atoms with Crippen molar-refractivity contribution in [2.24, 2.45) is 0 Å². The zero-order valence-electron chi connectivity index (χ0n) is 16.1. The molecule has 28 heavy (non-hydrogen) atoms. The molecule has 4 nitrogen and oxygen atoms in total. The maximum atomic E-state index is 12.3. The van der Waals surface area contributed by atoms with E-state index < -0.39 is 0 Å². The standard InChI is InChI=1S/C23H24ClN3O/c1-3-5-18-15-22(25-4-2)20-14-19(11-12-21(20)26-18)27-23(28)13-8-16-6-9-17(24)10-7-16/h6-15H,3-5H2,1-2H3,(H,25,26)(H,27,28). The number of anilines is 2. The number of nitrogens with one attached hydrogen (secondary N) is 2. The van der Waals surface area contributed by atoms with E-state index in [0.717, 1.165) is 52.9 Å². The van der Waals surface area contributed by atoms with Gasteiger partial charge in [0.2, 0.25) is 5.91 Å². The van der Waals surface area contributed by atoms with Crippen LogP contribution in [-0.4, -0.2) is 17.4 Å². The van der Waals surface area contributed by atoms with E-state index in [4.69, 9.17) is 16.6 Å². The number of halogens is 1. The predicted molar refractivity (Wildman–Crippen MR) is 119 cm³/mol. The Morgan fingerprint density at radius 1 is 1.11 bits per heavy atom. The first-order chi connectivity index (χ1) is 13.6. The van der Waals surface area contributed by atoms with E-state index in [1.165, 1.54) is 6.08 Å². The number of benzene rings is 2. The largest absolute Gasteiger partial charge is 0.385 e. The number of pyridine rings is 1. The van der Waals surface area contributed by atoms with Crippen molar-refractivity contribution < 1.29 is 4.79 Å². The molecule has 1 aromatic heterocycles. The van der Waals surface area contributed by atoms with Gasteiger partial charge in [0, 0.05) is 40.1 Å². The van der Waals surface area contributed by atoms with Crippen LogP contribution in [0.15, 0.2) is 54.6 Å². The summed E-state index contributed by atoms with van der Waals surface area (Å²) in [5.74, 6) is -0.185. The number of carbonyl (C=O) groups excluding carboxylic acids is 1. The number of hydrogen-bond donors (Lipinski definition) is 2. The van der Waals surface area contributed by atoms with E-state index in [-0.39, 0.29) is 5.91 Å². The molecule has 0 radical (unpaired) electrons. The summed E-state index contributed by atoms with van der Waals surface area (Å²) in [6, 6.07) is 15.2. The second kappa shape index (κ2) is 9.38. The fraction of sp³-hybridized carbons (Fsp3) is 0.217. The monoisotopic (exact) mass is 393 g/mol. The van der Waals surface area contributed by atoms with Gasteiger partial charge in [-0.1, -0.05) is 37.1 Å². The number of aryl methyl sites for hydroxylation is 1. The minimum absolute atomic E-state index is 0.185. The molecule has 0 saturated heterocycles. The lowest BCUT2D eigenvalue weighted by Gasteiger charge is -2.12. The molecule has 3 rings (SSSR count). The van der Waals surface area contributed by atoms with Crippen LogP contribution in [0.1, 0.15) is 31.5 Å². The predicted octanol–water partition coefficient (Wildman–Crippen LogP) is 5.92. The summed E-state index contributed by atoms with van der Waals surface area (Å²) in [5, 5.41) is 7.99. The number of aromatic nitrogens is 1. The third-order valence-corrected chi connectivity index (χ3v) is 4.55. The van der Waals surface area contributed by atoms with Crippen LogP contribution in [-0.2, 0) is 11.2 Å². The molecule has 0 bridgehead atoms. The van der Waals surface area contributed by atoms with Crippen LogP contribution in [0.4, 0.5) is 11.4 Å². The van der Waals surface area contributed by atoms with Crippen molar-refractivity contribution in [2.75, 3.05) is 17.2 Å². The van der Waals surface area contributed by atoms with Gasteiger partial charge in [0.05, 0.1) is 5.52 Å².